The average Bonchev–Trinajstić information content (AvgIpc) is 2.30. The molecule has 0 aromatic heterocycles. The summed E-state index contributed by atoms with van der Waals surface area (Å²) >= 11 is 0. The lowest BCUT2D eigenvalue weighted by atomic mass is 10.2. The molecule has 0 unspecified atom stereocenters. The van der Waals surface area contributed by atoms with Crippen LogP contribution in [0.25, 0.3) is 0 Å². The first-order valence-corrected chi connectivity index (χ1v) is 6.87. The van der Waals surface area contributed by atoms with Crippen LogP contribution in [-0.4, -0.2) is 32.4 Å². The Bertz CT molecular complexity index is 388. The smallest absolute Gasteiger partial charge is 0.248 e. The number of hydrogen-bond acceptors (Lipinski definition) is 4. The number of nitrogens with two attached hydrogens (primary N) is 1. The van der Waals surface area contributed by atoms with E-state index in [2.05, 4.69) is 0 Å². The van der Waals surface area contributed by atoms with Gasteiger partial charge in [0.1, 0.15) is 0 Å². The van der Waals surface area contributed by atoms with Crippen LogP contribution in [0.5, 0.6) is 0 Å². The van der Waals surface area contributed by atoms with E-state index in [0.717, 1.165) is 0 Å². The van der Waals surface area contributed by atoms with Gasteiger partial charge in [-0.15, -0.1) is 10.8 Å². The summed E-state index contributed by atoms with van der Waals surface area (Å²) < 4.78 is 21.8. The lowest BCUT2D eigenvalue weighted by Crippen LogP contribution is -2.27. The summed E-state index contributed by atoms with van der Waals surface area (Å²) in [6.45, 7) is 4.79. The highest BCUT2D eigenvalue weighted by Crippen LogP contribution is 2.50. The van der Waals surface area contributed by atoms with E-state index in [1.165, 1.54) is 24.3 Å². The number of benzene rings is 1. The molecule has 0 spiro atoms. The Morgan fingerprint density at radius 3 is 2.06 bits per heavy atom. The van der Waals surface area contributed by atoms with Gasteiger partial charge in [-0.25, -0.2) is 4.31 Å². The van der Waals surface area contributed by atoms with Gasteiger partial charge in [0.2, 0.25) is 5.91 Å². The standard InChI is InChI=1S/C11H18N2O3S/c1-3-13(4-2)17(15,16)10-7-5-9(6-8-10)11(12)14/h5-8,15-16H,3-4H2,1-2H3,(H2,12,14). The van der Waals surface area contributed by atoms with Crippen molar-refractivity contribution in [3.05, 3.63) is 29.8 Å². The second-order valence-corrected chi connectivity index (χ2v) is 5.55. The Morgan fingerprint density at radius 2 is 1.71 bits per heavy atom. The fourth-order valence-corrected chi connectivity index (χ4v) is 3.05. The largest absolute Gasteiger partial charge is 0.366 e. The quantitative estimate of drug-likeness (QED) is 0.755. The minimum absolute atomic E-state index is 0.350. The van der Waals surface area contributed by atoms with Crippen molar-refractivity contribution < 1.29 is 13.9 Å². The van der Waals surface area contributed by atoms with E-state index in [1.807, 2.05) is 13.8 Å². The minimum atomic E-state index is -2.96. The summed E-state index contributed by atoms with van der Waals surface area (Å²) in [7, 11) is -2.96. The first kappa shape index (κ1) is 14.0. The summed E-state index contributed by atoms with van der Waals surface area (Å²) in [5.74, 6) is -0.532. The molecule has 0 aliphatic heterocycles. The maximum Gasteiger partial charge on any atom is 0.248 e. The van der Waals surface area contributed by atoms with Crippen molar-refractivity contribution >= 4 is 16.7 Å². The van der Waals surface area contributed by atoms with Gasteiger partial charge in [0.25, 0.3) is 0 Å². The van der Waals surface area contributed by atoms with E-state index < -0.39 is 16.7 Å². The van der Waals surface area contributed by atoms with E-state index in [9.17, 15) is 13.9 Å². The molecule has 1 aromatic carbocycles. The van der Waals surface area contributed by atoms with Crippen LogP contribution in [0.3, 0.4) is 0 Å². The Morgan fingerprint density at radius 1 is 1.24 bits per heavy atom. The number of primary amides is 1. The van der Waals surface area contributed by atoms with Gasteiger partial charge >= 0.3 is 0 Å². The van der Waals surface area contributed by atoms with Gasteiger partial charge in [-0.05, 0) is 24.3 Å². The highest BCUT2D eigenvalue weighted by atomic mass is 32.3. The molecule has 0 radical (unpaired) electrons. The molecule has 17 heavy (non-hydrogen) atoms. The Labute approximate surface area is 103 Å². The molecule has 1 amide bonds. The number of amides is 1. The van der Waals surface area contributed by atoms with Crippen LogP contribution in [0.1, 0.15) is 24.2 Å². The highest BCUT2D eigenvalue weighted by Gasteiger charge is 2.22. The molecule has 4 N–H and O–H groups in total. The summed E-state index contributed by atoms with van der Waals surface area (Å²) in [6, 6.07) is 6.03. The van der Waals surface area contributed by atoms with Crippen molar-refractivity contribution in [3.63, 3.8) is 0 Å². The molecule has 0 bridgehead atoms. The Balaban J connectivity index is 3.02. The summed E-state index contributed by atoms with van der Waals surface area (Å²) in [5.41, 5.74) is 5.47. The molecular formula is C11H18N2O3S. The number of carbonyl (C=O) groups excluding carboxylic acids is 1. The topological polar surface area (TPSA) is 86.8 Å². The number of hydrogen-bond donors (Lipinski definition) is 3. The molecule has 6 heteroatoms. The molecule has 0 aliphatic carbocycles. The molecule has 0 saturated carbocycles. The van der Waals surface area contributed by atoms with E-state index in [1.54, 1.807) is 4.31 Å². The van der Waals surface area contributed by atoms with Gasteiger partial charge < -0.3 is 5.73 Å². The average molecular weight is 258 g/mol. The van der Waals surface area contributed by atoms with E-state index in [4.69, 9.17) is 5.73 Å². The first-order chi connectivity index (χ1) is 7.93. The Kier molecular flexibility index (Phi) is 4.53. The summed E-state index contributed by atoms with van der Waals surface area (Å²) in [4.78, 5) is 11.3. The van der Waals surface area contributed by atoms with Crippen molar-refractivity contribution in [2.75, 3.05) is 13.1 Å². The summed E-state index contributed by atoms with van der Waals surface area (Å²) in [6.07, 6.45) is 0. The predicted molar refractivity (Wildman–Crippen MR) is 69.0 cm³/mol. The zero-order valence-electron chi connectivity index (χ0n) is 9.96. The lowest BCUT2D eigenvalue weighted by molar-refractivity contribution is 0.1000. The highest BCUT2D eigenvalue weighted by molar-refractivity contribution is 8.22. The second kappa shape index (κ2) is 5.50. The zero-order chi connectivity index (χ0) is 13.1. The number of nitrogens with zero attached hydrogens (tertiary/aromatic N) is 1. The van der Waals surface area contributed by atoms with Crippen LogP contribution in [0.15, 0.2) is 29.2 Å². The molecule has 0 fully saturated rings. The molecule has 96 valence electrons. The normalized spacial score (nSPS) is 12.8. The molecule has 1 aromatic rings. The van der Waals surface area contributed by atoms with Gasteiger partial charge in [0.15, 0.2) is 0 Å². The maximum atomic E-state index is 10.9. The minimum Gasteiger partial charge on any atom is -0.366 e. The zero-order valence-corrected chi connectivity index (χ0v) is 10.8. The Hall–Kier alpha value is -1.08. The third-order valence-electron chi connectivity index (χ3n) is 2.52. The van der Waals surface area contributed by atoms with Crippen LogP contribution in [0.2, 0.25) is 0 Å². The monoisotopic (exact) mass is 258 g/mol. The number of rotatable bonds is 5. The van der Waals surface area contributed by atoms with Gasteiger partial charge in [-0.2, -0.15) is 0 Å². The van der Waals surface area contributed by atoms with Gasteiger partial charge in [-0.1, -0.05) is 13.8 Å². The van der Waals surface area contributed by atoms with Crippen LogP contribution in [0.4, 0.5) is 0 Å². The van der Waals surface area contributed by atoms with E-state index in [0.29, 0.717) is 23.5 Å². The summed E-state index contributed by atoms with van der Waals surface area (Å²) in [5, 5.41) is 0. The van der Waals surface area contributed by atoms with Gasteiger partial charge in [0, 0.05) is 18.7 Å². The fourth-order valence-electron chi connectivity index (χ4n) is 1.53. The molecule has 0 aliphatic rings. The van der Waals surface area contributed by atoms with Crippen LogP contribution >= 0.6 is 10.8 Å². The van der Waals surface area contributed by atoms with Gasteiger partial charge in [0.05, 0.1) is 4.90 Å². The molecule has 5 nitrogen and oxygen atoms in total. The lowest BCUT2D eigenvalue weighted by Gasteiger charge is -2.41. The van der Waals surface area contributed by atoms with Crippen LogP contribution in [0, 0.1) is 0 Å². The van der Waals surface area contributed by atoms with Crippen molar-refractivity contribution in [2.24, 2.45) is 5.73 Å². The number of carbonyl (C=O) groups is 1. The third kappa shape index (κ3) is 2.98. The third-order valence-corrected chi connectivity index (χ3v) is 4.66. The predicted octanol–water partition coefficient (Wildman–Crippen LogP) is 2.15. The molecule has 0 atom stereocenters. The van der Waals surface area contributed by atoms with E-state index in [-0.39, 0.29) is 0 Å². The van der Waals surface area contributed by atoms with Crippen molar-refractivity contribution in [2.45, 2.75) is 18.7 Å². The fraction of sp³-hybridized carbons (Fsp3) is 0.364. The molecule has 1 rings (SSSR count). The first-order valence-electron chi connectivity index (χ1n) is 5.36. The van der Waals surface area contributed by atoms with Crippen molar-refractivity contribution in [1.29, 1.82) is 0 Å². The van der Waals surface area contributed by atoms with E-state index >= 15 is 0 Å². The maximum absolute atomic E-state index is 10.9. The molecule has 0 saturated heterocycles. The molecule has 0 heterocycles. The van der Waals surface area contributed by atoms with Crippen LogP contribution < -0.4 is 5.73 Å². The van der Waals surface area contributed by atoms with Crippen molar-refractivity contribution in [1.82, 2.24) is 4.31 Å². The molecular weight excluding hydrogens is 240 g/mol. The van der Waals surface area contributed by atoms with Gasteiger partial charge in [-0.3, -0.25) is 13.9 Å². The van der Waals surface area contributed by atoms with Crippen molar-refractivity contribution in [3.8, 4) is 0 Å². The van der Waals surface area contributed by atoms with Crippen LogP contribution in [-0.2, 0) is 0 Å². The second-order valence-electron chi connectivity index (χ2n) is 3.52. The SMILES string of the molecule is CCN(CC)S(O)(O)c1ccc(C(N)=O)cc1.